The van der Waals surface area contributed by atoms with Crippen LogP contribution in [-0.4, -0.2) is 97.3 Å². The van der Waals surface area contributed by atoms with Gasteiger partial charge in [-0.1, -0.05) is 6.92 Å². The summed E-state index contributed by atoms with van der Waals surface area (Å²) in [5, 5.41) is 3.28. The molecule has 0 bridgehead atoms. The number of ether oxygens (including phenoxy) is 5. The molecule has 0 unspecified atom stereocenters. The van der Waals surface area contributed by atoms with E-state index in [4.69, 9.17) is 23.7 Å². The Morgan fingerprint density at radius 1 is 0.826 bits per heavy atom. The fourth-order valence-electron chi connectivity index (χ4n) is 2.02. The number of nitrogens with one attached hydrogen (secondary N) is 1. The van der Waals surface area contributed by atoms with Gasteiger partial charge < -0.3 is 29.0 Å². The van der Waals surface area contributed by atoms with Gasteiger partial charge in [-0.2, -0.15) is 0 Å². The summed E-state index contributed by atoms with van der Waals surface area (Å²) in [5.41, 5.74) is 0. The Balaban J connectivity index is 2.10. The van der Waals surface area contributed by atoms with E-state index in [0.29, 0.717) is 53.0 Å². The van der Waals surface area contributed by atoms with Crippen molar-refractivity contribution in [3.8, 4) is 0 Å². The Morgan fingerprint density at radius 3 is 2.30 bits per heavy atom. The standard InChI is InChI=1S/C16H34N2O5/c1-2-7-19-12-13-22-11-6-18-5-10-20-8-3-17-4-9-21-14-15-23-16-18/h17H,2-16H2,1H3. The molecule has 0 spiro atoms. The van der Waals surface area contributed by atoms with Gasteiger partial charge in [0.15, 0.2) is 0 Å². The number of hydrogen-bond acceptors (Lipinski definition) is 7. The minimum absolute atomic E-state index is 0.584. The summed E-state index contributed by atoms with van der Waals surface area (Å²) in [6, 6.07) is 0. The van der Waals surface area contributed by atoms with Gasteiger partial charge >= 0.3 is 0 Å². The highest BCUT2D eigenvalue weighted by Gasteiger charge is 2.06. The molecule has 0 aromatic carbocycles. The van der Waals surface area contributed by atoms with Crippen LogP contribution in [0.25, 0.3) is 0 Å². The molecule has 23 heavy (non-hydrogen) atoms. The third-order valence-corrected chi connectivity index (χ3v) is 3.32. The van der Waals surface area contributed by atoms with Gasteiger partial charge in [-0.25, -0.2) is 0 Å². The average Bonchev–Trinajstić information content (AvgIpc) is 2.57. The second kappa shape index (κ2) is 16.6. The summed E-state index contributed by atoms with van der Waals surface area (Å²) < 4.78 is 27.7. The van der Waals surface area contributed by atoms with Crippen molar-refractivity contribution in [2.45, 2.75) is 13.3 Å². The maximum Gasteiger partial charge on any atom is 0.0992 e. The topological polar surface area (TPSA) is 61.4 Å². The highest BCUT2D eigenvalue weighted by Crippen LogP contribution is 1.93. The number of hydrogen-bond donors (Lipinski definition) is 1. The SMILES string of the molecule is CCCOCCOCCN1CCOCCNCCOCCOC1. The van der Waals surface area contributed by atoms with Crippen LogP contribution in [0.15, 0.2) is 0 Å². The molecule has 0 atom stereocenters. The van der Waals surface area contributed by atoms with Crippen LogP contribution in [-0.2, 0) is 23.7 Å². The molecule has 138 valence electrons. The fraction of sp³-hybridized carbons (Fsp3) is 1.00. The Kier molecular flexibility index (Phi) is 15.0. The monoisotopic (exact) mass is 334 g/mol. The summed E-state index contributed by atoms with van der Waals surface area (Å²) in [7, 11) is 0. The van der Waals surface area contributed by atoms with Gasteiger partial charge in [0.25, 0.3) is 0 Å². The molecule has 1 saturated heterocycles. The van der Waals surface area contributed by atoms with E-state index in [1.165, 1.54) is 0 Å². The number of nitrogens with zero attached hydrogens (tertiary/aromatic N) is 1. The quantitative estimate of drug-likeness (QED) is 0.642. The molecular weight excluding hydrogens is 300 g/mol. The van der Waals surface area contributed by atoms with Crippen molar-refractivity contribution in [1.29, 1.82) is 0 Å². The van der Waals surface area contributed by atoms with Crippen molar-refractivity contribution in [1.82, 2.24) is 10.2 Å². The molecule has 1 heterocycles. The predicted octanol–water partition coefficient (Wildman–Crippen LogP) is 0.342. The molecule has 1 aliphatic heterocycles. The molecule has 7 nitrogen and oxygen atoms in total. The van der Waals surface area contributed by atoms with Crippen molar-refractivity contribution < 1.29 is 23.7 Å². The maximum absolute atomic E-state index is 5.65. The maximum atomic E-state index is 5.65. The highest BCUT2D eigenvalue weighted by molar-refractivity contribution is 4.54. The first-order valence-electron chi connectivity index (χ1n) is 8.75. The van der Waals surface area contributed by atoms with Crippen LogP contribution in [0.1, 0.15) is 13.3 Å². The van der Waals surface area contributed by atoms with Gasteiger partial charge in [-0.3, -0.25) is 4.90 Å². The molecule has 1 aliphatic rings. The number of rotatable bonds is 8. The van der Waals surface area contributed by atoms with Gasteiger partial charge in [-0.15, -0.1) is 0 Å². The third kappa shape index (κ3) is 13.8. The van der Waals surface area contributed by atoms with E-state index in [2.05, 4.69) is 17.1 Å². The minimum atomic E-state index is 0.584. The van der Waals surface area contributed by atoms with Crippen LogP contribution in [0.5, 0.6) is 0 Å². The molecule has 0 amide bonds. The van der Waals surface area contributed by atoms with Crippen molar-refractivity contribution in [2.75, 3.05) is 92.4 Å². The van der Waals surface area contributed by atoms with Gasteiger partial charge in [-0.05, 0) is 6.42 Å². The largest absolute Gasteiger partial charge is 0.379 e. The molecule has 0 radical (unpaired) electrons. The predicted molar refractivity (Wildman–Crippen MR) is 88.8 cm³/mol. The Morgan fingerprint density at radius 2 is 1.52 bits per heavy atom. The van der Waals surface area contributed by atoms with Crippen molar-refractivity contribution >= 4 is 0 Å². The highest BCUT2D eigenvalue weighted by atomic mass is 16.5. The summed E-state index contributed by atoms with van der Waals surface area (Å²) in [6.45, 7) is 12.3. The Bertz CT molecular complexity index is 233. The molecule has 1 fully saturated rings. The molecule has 0 aliphatic carbocycles. The van der Waals surface area contributed by atoms with Crippen LogP contribution in [0.2, 0.25) is 0 Å². The van der Waals surface area contributed by atoms with Crippen LogP contribution < -0.4 is 5.32 Å². The van der Waals surface area contributed by atoms with Gasteiger partial charge in [0.2, 0.25) is 0 Å². The fourth-order valence-corrected chi connectivity index (χ4v) is 2.02. The van der Waals surface area contributed by atoms with Crippen LogP contribution in [0, 0.1) is 0 Å². The second-order valence-corrected chi connectivity index (χ2v) is 5.35. The summed E-state index contributed by atoms with van der Waals surface area (Å²) in [6.07, 6.45) is 1.05. The van der Waals surface area contributed by atoms with E-state index in [-0.39, 0.29) is 0 Å². The molecule has 0 saturated carbocycles. The van der Waals surface area contributed by atoms with E-state index >= 15 is 0 Å². The van der Waals surface area contributed by atoms with E-state index < -0.39 is 0 Å². The zero-order valence-electron chi connectivity index (χ0n) is 14.6. The van der Waals surface area contributed by atoms with Crippen LogP contribution in [0.3, 0.4) is 0 Å². The molecular formula is C16H34N2O5. The lowest BCUT2D eigenvalue weighted by atomic mass is 10.5. The van der Waals surface area contributed by atoms with E-state index in [0.717, 1.165) is 45.8 Å². The molecule has 0 aromatic rings. The van der Waals surface area contributed by atoms with Gasteiger partial charge in [0.05, 0.1) is 59.6 Å². The molecule has 0 aromatic heterocycles. The zero-order valence-corrected chi connectivity index (χ0v) is 14.6. The Hall–Kier alpha value is -0.280. The lowest BCUT2D eigenvalue weighted by Gasteiger charge is -2.22. The van der Waals surface area contributed by atoms with Crippen molar-refractivity contribution in [2.24, 2.45) is 0 Å². The summed E-state index contributed by atoms with van der Waals surface area (Å²) >= 11 is 0. The Labute approximate surface area is 140 Å². The van der Waals surface area contributed by atoms with E-state index in [1.807, 2.05) is 0 Å². The molecule has 7 heteroatoms. The van der Waals surface area contributed by atoms with Crippen LogP contribution >= 0.6 is 0 Å². The first kappa shape index (κ1) is 20.8. The van der Waals surface area contributed by atoms with Crippen molar-refractivity contribution in [3.63, 3.8) is 0 Å². The smallest absolute Gasteiger partial charge is 0.0992 e. The molecule has 1 rings (SSSR count). The van der Waals surface area contributed by atoms with Gasteiger partial charge in [0, 0.05) is 32.8 Å². The zero-order chi connectivity index (χ0) is 16.4. The van der Waals surface area contributed by atoms with E-state index in [1.54, 1.807) is 0 Å². The normalized spacial score (nSPS) is 20.2. The summed E-state index contributed by atoms with van der Waals surface area (Å²) in [5.74, 6) is 0. The lowest BCUT2D eigenvalue weighted by Crippen LogP contribution is -2.35. The minimum Gasteiger partial charge on any atom is -0.379 e. The van der Waals surface area contributed by atoms with E-state index in [9.17, 15) is 0 Å². The first-order valence-corrected chi connectivity index (χ1v) is 8.75. The summed E-state index contributed by atoms with van der Waals surface area (Å²) in [4.78, 5) is 2.20. The third-order valence-electron chi connectivity index (χ3n) is 3.32. The van der Waals surface area contributed by atoms with Crippen LogP contribution in [0.4, 0.5) is 0 Å². The van der Waals surface area contributed by atoms with Gasteiger partial charge in [0.1, 0.15) is 0 Å². The second-order valence-electron chi connectivity index (χ2n) is 5.35. The van der Waals surface area contributed by atoms with Crippen molar-refractivity contribution in [3.05, 3.63) is 0 Å². The molecule has 1 N–H and O–H groups in total. The first-order chi connectivity index (χ1) is 11.4. The lowest BCUT2D eigenvalue weighted by molar-refractivity contribution is -0.0300. The average molecular weight is 334 g/mol.